The van der Waals surface area contributed by atoms with E-state index in [0.717, 1.165) is 11.0 Å². The number of fused-ring (bicyclic) bond motifs is 1. The van der Waals surface area contributed by atoms with Crippen molar-refractivity contribution in [1.29, 1.82) is 0 Å². The Kier molecular flexibility index (Phi) is 3.55. The van der Waals surface area contributed by atoms with Gasteiger partial charge < -0.3 is 4.67 Å². The number of hydrogen-bond donors (Lipinski definition) is 0. The number of rotatable bonds is 3. The molecule has 1 aliphatic heterocycles. The van der Waals surface area contributed by atoms with Crippen LogP contribution in [0, 0.1) is 0 Å². The molecule has 114 valence electrons. The molecule has 0 N–H and O–H groups in total. The summed E-state index contributed by atoms with van der Waals surface area (Å²) in [6, 6.07) is 28.4. The van der Waals surface area contributed by atoms with E-state index in [4.69, 9.17) is 0 Å². The summed E-state index contributed by atoms with van der Waals surface area (Å²) in [6.45, 7) is 0.671. The van der Waals surface area contributed by atoms with Crippen molar-refractivity contribution in [3.05, 3.63) is 96.1 Å². The molecule has 3 heteroatoms. The normalized spacial score (nSPS) is 19.6. The third-order valence-corrected chi connectivity index (χ3v) is 7.39. The molecule has 23 heavy (non-hydrogen) atoms. The highest BCUT2D eigenvalue weighted by Crippen LogP contribution is 2.61. The van der Waals surface area contributed by atoms with Crippen molar-refractivity contribution in [2.75, 3.05) is 4.67 Å². The average molecular weight is 319 g/mol. The maximum atomic E-state index is 13.9. The van der Waals surface area contributed by atoms with Gasteiger partial charge in [-0.05, 0) is 29.3 Å². The Morgan fingerprint density at radius 2 is 1.39 bits per heavy atom. The Labute approximate surface area is 136 Å². The van der Waals surface area contributed by atoms with Crippen LogP contribution in [-0.4, -0.2) is 0 Å². The molecule has 0 bridgehead atoms. The number of benzene rings is 3. The maximum Gasteiger partial charge on any atom is 0.205 e. The molecule has 0 saturated carbocycles. The van der Waals surface area contributed by atoms with Crippen LogP contribution < -0.4 is 9.97 Å². The summed E-state index contributed by atoms with van der Waals surface area (Å²) in [5, 5.41) is 0.937. The van der Waals surface area contributed by atoms with Crippen LogP contribution in [0.25, 0.3) is 0 Å². The first-order valence-corrected chi connectivity index (χ1v) is 9.66. The second-order valence-corrected chi connectivity index (χ2v) is 8.59. The molecule has 0 saturated heterocycles. The van der Waals surface area contributed by atoms with E-state index in [1.54, 1.807) is 0 Å². The molecule has 1 aliphatic rings. The van der Waals surface area contributed by atoms with Crippen molar-refractivity contribution in [3.8, 4) is 0 Å². The van der Waals surface area contributed by atoms with Crippen LogP contribution in [0.2, 0.25) is 0 Å². The molecule has 0 aromatic heterocycles. The lowest BCUT2D eigenvalue weighted by Gasteiger charge is -2.28. The number of anilines is 1. The van der Waals surface area contributed by atoms with Gasteiger partial charge in [0.15, 0.2) is 0 Å². The zero-order valence-corrected chi connectivity index (χ0v) is 13.7. The Balaban J connectivity index is 1.82. The highest BCUT2D eigenvalue weighted by molar-refractivity contribution is 7.72. The van der Waals surface area contributed by atoms with E-state index in [9.17, 15) is 4.57 Å². The van der Waals surface area contributed by atoms with Gasteiger partial charge in [0.2, 0.25) is 7.29 Å². The molecular formula is C20H18NOP. The van der Waals surface area contributed by atoms with Crippen LogP contribution in [-0.2, 0) is 17.3 Å². The van der Waals surface area contributed by atoms with Gasteiger partial charge in [-0.1, -0.05) is 66.7 Å². The molecule has 0 radical (unpaired) electrons. The van der Waals surface area contributed by atoms with Gasteiger partial charge in [-0.2, -0.15) is 0 Å². The minimum atomic E-state index is -2.65. The molecule has 3 aromatic rings. The smallest absolute Gasteiger partial charge is 0.205 e. The molecule has 0 fully saturated rings. The van der Waals surface area contributed by atoms with Crippen molar-refractivity contribution in [3.63, 3.8) is 0 Å². The lowest BCUT2D eigenvalue weighted by molar-refractivity contribution is 0.579. The van der Waals surface area contributed by atoms with E-state index in [-0.39, 0.29) is 0 Å². The van der Waals surface area contributed by atoms with Crippen LogP contribution in [0.15, 0.2) is 84.9 Å². The zero-order valence-electron chi connectivity index (χ0n) is 12.8. The van der Waals surface area contributed by atoms with Crippen molar-refractivity contribution in [2.45, 2.75) is 12.7 Å². The van der Waals surface area contributed by atoms with Crippen molar-refractivity contribution >= 4 is 18.3 Å². The van der Waals surface area contributed by atoms with Gasteiger partial charge in [0.05, 0.1) is 6.16 Å². The molecule has 1 heterocycles. The number of hydrogen-bond acceptors (Lipinski definition) is 1. The van der Waals surface area contributed by atoms with Crippen molar-refractivity contribution in [1.82, 2.24) is 0 Å². The molecule has 0 amide bonds. The summed E-state index contributed by atoms with van der Waals surface area (Å²) in [5.74, 6) is 0. The van der Waals surface area contributed by atoms with E-state index >= 15 is 0 Å². The van der Waals surface area contributed by atoms with Gasteiger partial charge in [0.25, 0.3) is 0 Å². The summed E-state index contributed by atoms with van der Waals surface area (Å²) < 4.78 is 16.1. The lowest BCUT2D eigenvalue weighted by atomic mass is 10.2. The molecule has 0 unspecified atom stereocenters. The van der Waals surface area contributed by atoms with Gasteiger partial charge >= 0.3 is 0 Å². The summed E-state index contributed by atoms with van der Waals surface area (Å²) >= 11 is 0. The van der Waals surface area contributed by atoms with Crippen LogP contribution in [0.1, 0.15) is 11.1 Å². The van der Waals surface area contributed by atoms with E-state index in [0.29, 0.717) is 12.7 Å². The van der Waals surface area contributed by atoms with Crippen LogP contribution >= 0.6 is 7.29 Å². The first-order chi connectivity index (χ1) is 11.3. The Hall–Kier alpha value is -2.31. The van der Waals surface area contributed by atoms with Gasteiger partial charge in [-0.3, -0.25) is 4.57 Å². The fourth-order valence-electron chi connectivity index (χ4n) is 3.23. The van der Waals surface area contributed by atoms with E-state index in [1.807, 2.05) is 60.7 Å². The van der Waals surface area contributed by atoms with E-state index in [2.05, 4.69) is 28.9 Å². The predicted octanol–water partition coefficient (Wildman–Crippen LogP) is 4.81. The molecule has 1 atom stereocenters. The third kappa shape index (κ3) is 2.50. The fraction of sp³-hybridized carbons (Fsp3) is 0.100. The average Bonchev–Trinajstić information content (AvgIpc) is 2.90. The highest BCUT2D eigenvalue weighted by atomic mass is 31.2. The van der Waals surface area contributed by atoms with Gasteiger partial charge in [-0.15, -0.1) is 0 Å². The maximum absolute atomic E-state index is 13.9. The number of para-hydroxylation sites is 1. The molecule has 0 aliphatic carbocycles. The topological polar surface area (TPSA) is 20.3 Å². The van der Waals surface area contributed by atoms with Crippen LogP contribution in [0.3, 0.4) is 0 Å². The summed E-state index contributed by atoms with van der Waals surface area (Å²) in [6.07, 6.45) is 0.611. The minimum Gasteiger partial charge on any atom is -0.314 e. The quantitative estimate of drug-likeness (QED) is 0.646. The first kappa shape index (κ1) is 14.3. The van der Waals surface area contributed by atoms with Gasteiger partial charge in [0.1, 0.15) is 0 Å². The second kappa shape index (κ2) is 5.72. The van der Waals surface area contributed by atoms with Gasteiger partial charge in [-0.25, -0.2) is 0 Å². The third-order valence-electron chi connectivity index (χ3n) is 4.38. The fourth-order valence-corrected chi connectivity index (χ4v) is 6.17. The largest absolute Gasteiger partial charge is 0.314 e. The molecule has 4 rings (SSSR count). The summed E-state index contributed by atoms with van der Waals surface area (Å²) in [5.41, 5.74) is 3.46. The molecule has 2 nitrogen and oxygen atoms in total. The zero-order chi connectivity index (χ0) is 15.7. The standard InChI is InChI=1S/C20H18NOP/c22-23(19-12-5-2-6-13-19)16-18-11-7-8-14-20(18)21(23)15-17-9-3-1-4-10-17/h1-14H,15-16H2/t23-/m1/s1. The number of nitrogens with zero attached hydrogens (tertiary/aromatic N) is 1. The van der Waals surface area contributed by atoms with Crippen LogP contribution in [0.4, 0.5) is 5.69 Å². The predicted molar refractivity (Wildman–Crippen MR) is 96.5 cm³/mol. The summed E-state index contributed by atoms with van der Waals surface area (Å²) in [4.78, 5) is 0. The summed E-state index contributed by atoms with van der Waals surface area (Å²) in [7, 11) is -2.65. The second-order valence-electron chi connectivity index (χ2n) is 5.87. The first-order valence-electron chi connectivity index (χ1n) is 7.82. The van der Waals surface area contributed by atoms with Crippen LogP contribution in [0.5, 0.6) is 0 Å². The lowest BCUT2D eigenvalue weighted by Crippen LogP contribution is -2.22. The molecular weight excluding hydrogens is 301 g/mol. The monoisotopic (exact) mass is 319 g/mol. The van der Waals surface area contributed by atoms with Gasteiger partial charge in [0, 0.05) is 17.5 Å². The molecule has 0 spiro atoms. The van der Waals surface area contributed by atoms with E-state index < -0.39 is 7.29 Å². The highest BCUT2D eigenvalue weighted by Gasteiger charge is 2.40. The SMILES string of the molecule is O=[P@@]1(c2ccccc2)Cc2ccccc2N1Cc1ccccc1. The molecule has 3 aromatic carbocycles. The van der Waals surface area contributed by atoms with Crippen molar-refractivity contribution < 1.29 is 4.57 Å². The van der Waals surface area contributed by atoms with E-state index in [1.165, 1.54) is 11.1 Å². The Morgan fingerprint density at radius 1 is 0.783 bits per heavy atom. The van der Waals surface area contributed by atoms with Crippen molar-refractivity contribution in [2.24, 2.45) is 0 Å². The Bertz CT molecular complexity index is 861. The Morgan fingerprint density at radius 3 is 2.13 bits per heavy atom. The minimum absolute atomic E-state index is 0.611.